The lowest BCUT2D eigenvalue weighted by Gasteiger charge is -2.17. The monoisotopic (exact) mass is 492 g/mol. The number of nitrogens with zero attached hydrogens (tertiary/aromatic N) is 3. The van der Waals surface area contributed by atoms with Gasteiger partial charge < -0.3 is 29.4 Å². The number of hydrogen-bond acceptors (Lipinski definition) is 8. The molecular formula is C26H28N4O6. The first kappa shape index (κ1) is 23.7. The lowest BCUT2D eigenvalue weighted by atomic mass is 9.91. The van der Waals surface area contributed by atoms with Crippen molar-refractivity contribution in [2.45, 2.75) is 44.6 Å². The minimum absolute atomic E-state index is 0.148. The zero-order valence-corrected chi connectivity index (χ0v) is 19.8. The molecule has 0 bridgehead atoms. The molecule has 10 heteroatoms. The molecule has 2 N–H and O–H groups in total. The number of benzene rings is 1. The maximum absolute atomic E-state index is 11.4. The number of aliphatic carboxylic acids is 1. The van der Waals surface area contributed by atoms with E-state index in [1.165, 1.54) is 10.2 Å². The average Bonchev–Trinajstić information content (AvgIpc) is 3.49. The number of aromatic nitrogens is 3. The standard InChI is InChI=1S/C26H28N4O6/c31-10-7-19(18-4-6-22-23(13-18)36-16-35-22)12-21-14-24(30(29-21)15-25(32)33)34-11-8-20-5-3-17-2-1-9-27-26(17)28-20/h3-6,10,13-14,19H,1-2,7-9,11-12,15-16H2,(H,27,28)(H,32,33)/t19-/m1/s1. The molecule has 1 atom stereocenters. The van der Waals surface area contributed by atoms with Crippen LogP contribution in [0.2, 0.25) is 0 Å². The highest BCUT2D eigenvalue weighted by atomic mass is 16.7. The molecule has 2 aliphatic heterocycles. The number of ether oxygens (including phenoxy) is 3. The molecule has 0 spiro atoms. The second-order valence-corrected chi connectivity index (χ2v) is 8.88. The van der Waals surface area contributed by atoms with Crippen molar-refractivity contribution < 1.29 is 28.9 Å². The highest BCUT2D eigenvalue weighted by Gasteiger charge is 2.21. The fraction of sp³-hybridized carbons (Fsp3) is 0.385. The Kier molecular flexibility index (Phi) is 7.01. The van der Waals surface area contributed by atoms with Gasteiger partial charge in [0, 0.05) is 31.1 Å². The van der Waals surface area contributed by atoms with Crippen LogP contribution in [0.25, 0.3) is 0 Å². The highest BCUT2D eigenvalue weighted by molar-refractivity contribution is 5.66. The van der Waals surface area contributed by atoms with Crippen LogP contribution in [-0.2, 0) is 35.4 Å². The summed E-state index contributed by atoms with van der Waals surface area (Å²) in [5, 5.41) is 17.1. The van der Waals surface area contributed by atoms with Crippen LogP contribution in [0.5, 0.6) is 17.4 Å². The van der Waals surface area contributed by atoms with E-state index in [9.17, 15) is 14.7 Å². The normalized spacial score (nSPS) is 14.6. The van der Waals surface area contributed by atoms with Crippen molar-refractivity contribution in [3.05, 3.63) is 58.9 Å². The van der Waals surface area contributed by atoms with E-state index in [0.29, 0.717) is 48.9 Å². The van der Waals surface area contributed by atoms with Gasteiger partial charge in [-0.15, -0.1) is 0 Å². The third-order valence-corrected chi connectivity index (χ3v) is 6.34. The van der Waals surface area contributed by atoms with Gasteiger partial charge in [0.2, 0.25) is 12.7 Å². The number of carboxylic acids is 1. The highest BCUT2D eigenvalue weighted by Crippen LogP contribution is 2.36. The van der Waals surface area contributed by atoms with E-state index >= 15 is 0 Å². The van der Waals surface area contributed by atoms with Crippen LogP contribution in [-0.4, -0.2) is 52.1 Å². The first-order valence-corrected chi connectivity index (χ1v) is 12.1. The first-order valence-electron chi connectivity index (χ1n) is 12.1. The largest absolute Gasteiger partial charge is 0.480 e. The number of carbonyl (C=O) groups is 2. The molecule has 1 aromatic carbocycles. The number of anilines is 1. The molecule has 0 aliphatic carbocycles. The van der Waals surface area contributed by atoms with Crippen molar-refractivity contribution in [2.75, 3.05) is 25.3 Å². The zero-order chi connectivity index (χ0) is 24.9. The predicted molar refractivity (Wildman–Crippen MR) is 130 cm³/mol. The van der Waals surface area contributed by atoms with Crippen LogP contribution in [0, 0.1) is 0 Å². The summed E-state index contributed by atoms with van der Waals surface area (Å²) in [7, 11) is 0. The molecular weight excluding hydrogens is 464 g/mol. The van der Waals surface area contributed by atoms with Gasteiger partial charge in [0.1, 0.15) is 18.6 Å². The van der Waals surface area contributed by atoms with Crippen LogP contribution >= 0.6 is 0 Å². The smallest absolute Gasteiger partial charge is 0.325 e. The Morgan fingerprint density at radius 2 is 2.08 bits per heavy atom. The van der Waals surface area contributed by atoms with E-state index in [4.69, 9.17) is 14.2 Å². The molecule has 0 amide bonds. The Morgan fingerprint density at radius 3 is 2.94 bits per heavy atom. The predicted octanol–water partition coefficient (Wildman–Crippen LogP) is 2.99. The first-order chi connectivity index (χ1) is 17.6. The third kappa shape index (κ3) is 5.42. The fourth-order valence-corrected chi connectivity index (χ4v) is 4.55. The lowest BCUT2D eigenvalue weighted by Crippen LogP contribution is -2.15. The van der Waals surface area contributed by atoms with Gasteiger partial charge in [-0.3, -0.25) is 4.79 Å². The molecule has 2 aliphatic rings. The van der Waals surface area contributed by atoms with Crippen molar-refractivity contribution >= 4 is 18.1 Å². The van der Waals surface area contributed by atoms with Crippen molar-refractivity contribution in [3.8, 4) is 17.4 Å². The van der Waals surface area contributed by atoms with E-state index < -0.39 is 5.97 Å². The van der Waals surface area contributed by atoms with Crippen LogP contribution in [0.15, 0.2) is 36.4 Å². The van der Waals surface area contributed by atoms with Gasteiger partial charge in [-0.1, -0.05) is 12.1 Å². The summed E-state index contributed by atoms with van der Waals surface area (Å²) < 4.78 is 18.1. The molecule has 4 heterocycles. The summed E-state index contributed by atoms with van der Waals surface area (Å²) in [6, 6.07) is 11.5. The van der Waals surface area contributed by atoms with E-state index in [1.807, 2.05) is 24.3 Å². The summed E-state index contributed by atoms with van der Waals surface area (Å²) in [6.45, 7) is 1.11. The minimum Gasteiger partial charge on any atom is -0.480 e. The number of aldehydes is 1. The van der Waals surface area contributed by atoms with Crippen LogP contribution < -0.4 is 19.5 Å². The Labute approximate surface area is 208 Å². The van der Waals surface area contributed by atoms with Gasteiger partial charge in [0.05, 0.1) is 12.3 Å². The number of carbonyl (C=O) groups excluding carboxylic acids is 1. The number of pyridine rings is 1. The van der Waals surface area contributed by atoms with Crippen molar-refractivity contribution in [1.82, 2.24) is 14.8 Å². The number of fused-ring (bicyclic) bond motifs is 2. The Balaban J connectivity index is 1.28. The number of aryl methyl sites for hydroxylation is 1. The van der Waals surface area contributed by atoms with Crippen LogP contribution in [0.4, 0.5) is 5.82 Å². The van der Waals surface area contributed by atoms with Crippen molar-refractivity contribution in [3.63, 3.8) is 0 Å². The maximum Gasteiger partial charge on any atom is 0.325 e. The topological polar surface area (TPSA) is 125 Å². The van der Waals surface area contributed by atoms with E-state index in [0.717, 1.165) is 42.7 Å². The van der Waals surface area contributed by atoms with Gasteiger partial charge in [-0.2, -0.15) is 5.10 Å². The van der Waals surface area contributed by atoms with Gasteiger partial charge in [0.15, 0.2) is 11.5 Å². The van der Waals surface area contributed by atoms with Gasteiger partial charge in [0.25, 0.3) is 0 Å². The molecule has 5 rings (SSSR count). The fourth-order valence-electron chi connectivity index (χ4n) is 4.55. The molecule has 3 aromatic rings. The lowest BCUT2D eigenvalue weighted by molar-refractivity contribution is -0.138. The molecule has 0 saturated carbocycles. The summed E-state index contributed by atoms with van der Waals surface area (Å²) in [5.74, 6) is 1.46. The molecule has 0 radical (unpaired) electrons. The Hall–Kier alpha value is -4.08. The summed E-state index contributed by atoms with van der Waals surface area (Å²) in [5.41, 5.74) is 3.70. The summed E-state index contributed by atoms with van der Waals surface area (Å²) >= 11 is 0. The Morgan fingerprint density at radius 1 is 1.19 bits per heavy atom. The van der Waals surface area contributed by atoms with Gasteiger partial charge in [-0.25, -0.2) is 9.67 Å². The van der Waals surface area contributed by atoms with Crippen molar-refractivity contribution in [2.24, 2.45) is 0 Å². The maximum atomic E-state index is 11.4. The van der Waals surface area contributed by atoms with E-state index in [-0.39, 0.29) is 19.3 Å². The number of carboxylic acid groups (broad SMARTS) is 1. The van der Waals surface area contributed by atoms with Gasteiger partial charge in [-0.05, 0) is 54.5 Å². The molecule has 36 heavy (non-hydrogen) atoms. The molecule has 188 valence electrons. The summed E-state index contributed by atoms with van der Waals surface area (Å²) in [4.78, 5) is 27.5. The van der Waals surface area contributed by atoms with E-state index in [1.54, 1.807) is 6.07 Å². The third-order valence-electron chi connectivity index (χ3n) is 6.34. The van der Waals surface area contributed by atoms with Crippen LogP contribution in [0.1, 0.15) is 41.3 Å². The van der Waals surface area contributed by atoms with Crippen molar-refractivity contribution in [1.29, 1.82) is 0 Å². The van der Waals surface area contributed by atoms with Gasteiger partial charge >= 0.3 is 5.97 Å². The molecule has 0 unspecified atom stereocenters. The Bertz CT molecular complexity index is 1260. The van der Waals surface area contributed by atoms with Crippen LogP contribution in [0.3, 0.4) is 0 Å². The quantitative estimate of drug-likeness (QED) is 0.389. The second kappa shape index (κ2) is 10.7. The average molecular weight is 493 g/mol. The molecule has 10 nitrogen and oxygen atoms in total. The number of hydrogen-bond donors (Lipinski definition) is 2. The SMILES string of the molecule is O=CC[C@H](Cc1cc(OCCc2ccc3c(n2)NCCC3)n(CC(=O)O)n1)c1ccc2c(c1)OCO2. The summed E-state index contributed by atoms with van der Waals surface area (Å²) in [6.07, 6.45) is 4.32. The molecule has 0 fully saturated rings. The molecule has 2 aromatic heterocycles. The number of rotatable bonds is 11. The zero-order valence-electron chi connectivity index (χ0n) is 19.8. The van der Waals surface area contributed by atoms with E-state index in [2.05, 4.69) is 21.5 Å². The number of nitrogens with one attached hydrogen (secondary N) is 1. The second-order valence-electron chi connectivity index (χ2n) is 8.88. The minimum atomic E-state index is -1.02. The molecule has 0 saturated heterocycles.